The highest BCUT2D eigenvalue weighted by atomic mass is 35.5. The maximum Gasteiger partial charge on any atom is 0.162 e. The molecule has 4 rings (SSSR count). The second kappa shape index (κ2) is 7.32. The molecule has 25 heavy (non-hydrogen) atoms. The fourth-order valence-electron chi connectivity index (χ4n) is 2.75. The topological polar surface area (TPSA) is 37.8 Å². The molecule has 1 heterocycles. The Morgan fingerprint density at radius 3 is 2.32 bits per heavy atom. The van der Waals surface area contributed by atoms with E-state index in [1.807, 2.05) is 66.7 Å². The van der Waals surface area contributed by atoms with E-state index in [4.69, 9.17) is 9.97 Å². The van der Waals surface area contributed by atoms with Gasteiger partial charge in [0.25, 0.3) is 0 Å². The summed E-state index contributed by atoms with van der Waals surface area (Å²) in [6.45, 7) is 2.08. The Hall–Kier alpha value is -2.91. The van der Waals surface area contributed by atoms with Crippen molar-refractivity contribution < 1.29 is 0 Å². The van der Waals surface area contributed by atoms with Crippen LogP contribution in [0.4, 0.5) is 11.5 Å². The van der Waals surface area contributed by atoms with Gasteiger partial charge in [-0.2, -0.15) is 0 Å². The molecule has 3 nitrogen and oxygen atoms in total. The first kappa shape index (κ1) is 16.9. The Kier molecular flexibility index (Phi) is 4.96. The predicted molar refractivity (Wildman–Crippen MR) is 107 cm³/mol. The molecule has 0 aliphatic carbocycles. The fraction of sp³-hybridized carbons (Fsp3) is 0.0476. The van der Waals surface area contributed by atoms with Gasteiger partial charge in [0.1, 0.15) is 5.82 Å². The highest BCUT2D eigenvalue weighted by Crippen LogP contribution is 2.27. The standard InChI is InChI=1S/C21H17N3.ClH/c1-15-8-7-11-17(14-15)22-21-18-12-5-6-13-19(18)23-20(24-21)16-9-3-2-4-10-16;/h2-14H,1H3,(H,22,23,24);1H. The van der Waals surface area contributed by atoms with E-state index in [-0.39, 0.29) is 12.4 Å². The third-order valence-electron chi connectivity index (χ3n) is 3.92. The lowest BCUT2D eigenvalue weighted by Crippen LogP contribution is -1.99. The van der Waals surface area contributed by atoms with E-state index in [1.165, 1.54) is 5.56 Å². The van der Waals surface area contributed by atoms with Crippen molar-refractivity contribution in [3.63, 3.8) is 0 Å². The van der Waals surface area contributed by atoms with Crippen LogP contribution in [0.25, 0.3) is 22.3 Å². The van der Waals surface area contributed by atoms with Gasteiger partial charge in [-0.25, -0.2) is 9.97 Å². The number of benzene rings is 3. The SMILES string of the molecule is Cc1cccc(Nc2nc(-c3ccccc3)nc3ccccc23)c1.Cl. The van der Waals surface area contributed by atoms with Crippen LogP contribution in [-0.4, -0.2) is 9.97 Å². The lowest BCUT2D eigenvalue weighted by molar-refractivity contribution is 1.22. The van der Waals surface area contributed by atoms with Crippen molar-refractivity contribution in [3.8, 4) is 11.4 Å². The maximum atomic E-state index is 4.77. The Bertz CT molecular complexity index is 1000. The Balaban J connectivity index is 0.00000182. The molecule has 0 saturated heterocycles. The van der Waals surface area contributed by atoms with Crippen molar-refractivity contribution in [2.75, 3.05) is 5.32 Å². The van der Waals surface area contributed by atoms with Crippen LogP contribution in [0.3, 0.4) is 0 Å². The number of anilines is 2. The summed E-state index contributed by atoms with van der Waals surface area (Å²) in [6, 6.07) is 26.4. The van der Waals surface area contributed by atoms with E-state index in [1.54, 1.807) is 0 Å². The largest absolute Gasteiger partial charge is 0.340 e. The van der Waals surface area contributed by atoms with Crippen LogP contribution in [-0.2, 0) is 0 Å². The molecule has 0 fully saturated rings. The molecule has 1 aromatic heterocycles. The summed E-state index contributed by atoms with van der Waals surface area (Å²) in [5.74, 6) is 1.55. The van der Waals surface area contributed by atoms with Crippen molar-refractivity contribution in [1.82, 2.24) is 9.97 Å². The van der Waals surface area contributed by atoms with Gasteiger partial charge in [0.15, 0.2) is 5.82 Å². The first-order valence-corrected chi connectivity index (χ1v) is 7.95. The van der Waals surface area contributed by atoms with Crippen LogP contribution in [0.2, 0.25) is 0 Å². The predicted octanol–water partition coefficient (Wildman–Crippen LogP) is 5.77. The smallest absolute Gasteiger partial charge is 0.162 e. The van der Waals surface area contributed by atoms with E-state index in [0.717, 1.165) is 33.8 Å². The van der Waals surface area contributed by atoms with Crippen LogP contribution in [0.15, 0.2) is 78.9 Å². The molecule has 0 spiro atoms. The molecule has 1 N–H and O–H groups in total. The molecule has 3 aromatic carbocycles. The monoisotopic (exact) mass is 347 g/mol. The van der Waals surface area contributed by atoms with Crippen molar-refractivity contribution in [2.24, 2.45) is 0 Å². The minimum absolute atomic E-state index is 0. The average Bonchev–Trinajstić information content (AvgIpc) is 2.62. The van der Waals surface area contributed by atoms with Crippen molar-refractivity contribution in [2.45, 2.75) is 6.92 Å². The number of nitrogens with one attached hydrogen (secondary N) is 1. The van der Waals surface area contributed by atoms with Crippen molar-refractivity contribution >= 4 is 34.8 Å². The van der Waals surface area contributed by atoms with Gasteiger partial charge in [0, 0.05) is 16.6 Å². The summed E-state index contributed by atoms with van der Waals surface area (Å²) in [6.07, 6.45) is 0. The zero-order valence-electron chi connectivity index (χ0n) is 13.8. The number of rotatable bonds is 3. The number of aryl methyl sites for hydroxylation is 1. The first-order valence-electron chi connectivity index (χ1n) is 7.95. The molecule has 4 heteroatoms. The summed E-state index contributed by atoms with van der Waals surface area (Å²) < 4.78 is 0. The van der Waals surface area contributed by atoms with E-state index >= 15 is 0 Å². The molecule has 0 amide bonds. The third kappa shape index (κ3) is 3.62. The van der Waals surface area contributed by atoms with Gasteiger partial charge in [-0.05, 0) is 36.8 Å². The van der Waals surface area contributed by atoms with Gasteiger partial charge in [-0.3, -0.25) is 0 Å². The Morgan fingerprint density at radius 2 is 1.52 bits per heavy atom. The third-order valence-corrected chi connectivity index (χ3v) is 3.92. The van der Waals surface area contributed by atoms with Crippen molar-refractivity contribution in [3.05, 3.63) is 84.4 Å². The van der Waals surface area contributed by atoms with E-state index in [2.05, 4.69) is 24.4 Å². The van der Waals surface area contributed by atoms with Gasteiger partial charge in [-0.1, -0.05) is 54.6 Å². The van der Waals surface area contributed by atoms with Gasteiger partial charge >= 0.3 is 0 Å². The minimum atomic E-state index is 0. The van der Waals surface area contributed by atoms with Gasteiger partial charge in [-0.15, -0.1) is 12.4 Å². The van der Waals surface area contributed by atoms with Crippen molar-refractivity contribution in [1.29, 1.82) is 0 Å². The second-order valence-corrected chi connectivity index (χ2v) is 5.77. The quantitative estimate of drug-likeness (QED) is 0.511. The van der Waals surface area contributed by atoms with E-state index in [9.17, 15) is 0 Å². The molecule has 4 aromatic rings. The molecular weight excluding hydrogens is 330 g/mol. The molecule has 0 atom stereocenters. The summed E-state index contributed by atoms with van der Waals surface area (Å²) in [5.41, 5.74) is 4.18. The lowest BCUT2D eigenvalue weighted by Gasteiger charge is -2.11. The number of fused-ring (bicyclic) bond motifs is 1. The van der Waals surface area contributed by atoms with Crippen LogP contribution in [0, 0.1) is 6.92 Å². The number of nitrogens with zero attached hydrogens (tertiary/aromatic N) is 2. The molecule has 0 radical (unpaired) electrons. The minimum Gasteiger partial charge on any atom is -0.340 e. The first-order chi connectivity index (χ1) is 11.8. The number of para-hydroxylation sites is 1. The molecular formula is C21H18ClN3. The van der Waals surface area contributed by atoms with Crippen LogP contribution >= 0.6 is 12.4 Å². The summed E-state index contributed by atoms with van der Waals surface area (Å²) in [4.78, 5) is 9.49. The molecule has 0 aliphatic rings. The summed E-state index contributed by atoms with van der Waals surface area (Å²) in [7, 11) is 0. The van der Waals surface area contributed by atoms with Gasteiger partial charge in [0.2, 0.25) is 0 Å². The van der Waals surface area contributed by atoms with Gasteiger partial charge < -0.3 is 5.32 Å². The average molecular weight is 348 g/mol. The summed E-state index contributed by atoms with van der Waals surface area (Å²) >= 11 is 0. The maximum absolute atomic E-state index is 4.77. The van der Waals surface area contributed by atoms with E-state index < -0.39 is 0 Å². The lowest BCUT2D eigenvalue weighted by atomic mass is 10.1. The highest BCUT2D eigenvalue weighted by molar-refractivity contribution is 5.92. The highest BCUT2D eigenvalue weighted by Gasteiger charge is 2.09. The summed E-state index contributed by atoms with van der Waals surface area (Å²) in [5, 5.41) is 4.46. The Morgan fingerprint density at radius 1 is 0.760 bits per heavy atom. The Labute approximate surface area is 153 Å². The molecule has 0 bridgehead atoms. The number of hydrogen-bond acceptors (Lipinski definition) is 3. The number of hydrogen-bond donors (Lipinski definition) is 1. The zero-order valence-corrected chi connectivity index (χ0v) is 14.6. The zero-order chi connectivity index (χ0) is 16.4. The number of aromatic nitrogens is 2. The molecule has 0 saturated carbocycles. The molecule has 0 unspecified atom stereocenters. The van der Waals surface area contributed by atoms with Crippen LogP contribution < -0.4 is 5.32 Å². The molecule has 124 valence electrons. The van der Waals surface area contributed by atoms with Crippen LogP contribution in [0.1, 0.15) is 5.56 Å². The second-order valence-electron chi connectivity index (χ2n) is 5.77. The van der Waals surface area contributed by atoms with Crippen LogP contribution in [0.5, 0.6) is 0 Å². The van der Waals surface area contributed by atoms with E-state index in [0.29, 0.717) is 0 Å². The fourth-order valence-corrected chi connectivity index (χ4v) is 2.75. The number of halogens is 1. The van der Waals surface area contributed by atoms with Gasteiger partial charge in [0.05, 0.1) is 5.52 Å². The normalized spacial score (nSPS) is 10.3. The molecule has 0 aliphatic heterocycles.